The quantitative estimate of drug-likeness (QED) is 0.693. The Morgan fingerprint density at radius 1 is 0.926 bits per heavy atom. The number of hydrogen-bond acceptors (Lipinski definition) is 5. The highest BCUT2D eigenvalue weighted by molar-refractivity contribution is 5.76. The predicted molar refractivity (Wildman–Crippen MR) is 99.5 cm³/mol. The van der Waals surface area contributed by atoms with Gasteiger partial charge in [0.05, 0.1) is 5.69 Å². The first-order valence-corrected chi connectivity index (χ1v) is 8.44. The predicted octanol–water partition coefficient (Wildman–Crippen LogP) is 3.21. The molecule has 0 spiro atoms. The Morgan fingerprint density at radius 3 is 1.89 bits per heavy atom. The number of hydrogen-bond donors (Lipinski definition) is 1. The van der Waals surface area contributed by atoms with Crippen molar-refractivity contribution >= 4 is 5.97 Å². The molecule has 6 heteroatoms. The minimum Gasteiger partial charge on any atom is -0.478 e. The van der Waals surface area contributed by atoms with E-state index in [0.29, 0.717) is 16.8 Å². The molecule has 0 saturated carbocycles. The molecule has 0 aliphatic carbocycles. The Kier molecular flexibility index (Phi) is 5.47. The molecule has 0 aliphatic rings. The van der Waals surface area contributed by atoms with Gasteiger partial charge in [-0.3, -0.25) is 0 Å². The van der Waals surface area contributed by atoms with Gasteiger partial charge in [-0.25, -0.2) is 4.79 Å². The maximum Gasteiger partial charge on any atom is 0.348 e. The molecule has 3 aromatic rings. The molecule has 3 rings (SSSR count). The Hall–Kier alpha value is -3.25. The molecule has 0 radical (unpaired) electrons. The fourth-order valence-electron chi connectivity index (χ4n) is 3.06. The second kappa shape index (κ2) is 7.97. The van der Waals surface area contributed by atoms with Gasteiger partial charge in [0.1, 0.15) is 0 Å². The van der Waals surface area contributed by atoms with Crippen molar-refractivity contribution < 1.29 is 19.4 Å². The molecule has 0 saturated heterocycles. The zero-order valence-corrected chi connectivity index (χ0v) is 15.1. The number of carbonyl (C=O) groups is 1. The van der Waals surface area contributed by atoms with Crippen LogP contribution in [-0.4, -0.2) is 34.5 Å². The zero-order valence-electron chi connectivity index (χ0n) is 15.1. The van der Waals surface area contributed by atoms with Crippen LogP contribution in [0.2, 0.25) is 0 Å². The van der Waals surface area contributed by atoms with Crippen LogP contribution >= 0.6 is 0 Å². The van der Waals surface area contributed by atoms with Crippen molar-refractivity contribution in [3.8, 4) is 5.88 Å². The number of ether oxygens (including phenoxy) is 2. The van der Waals surface area contributed by atoms with E-state index in [1.54, 1.807) is 19.1 Å². The molecule has 1 aromatic heterocycles. The van der Waals surface area contributed by atoms with Gasteiger partial charge in [0.15, 0.2) is 5.60 Å². The number of rotatable bonds is 7. The lowest BCUT2D eigenvalue weighted by atomic mass is 9.81. The summed E-state index contributed by atoms with van der Waals surface area (Å²) < 4.78 is 11.7. The summed E-state index contributed by atoms with van der Waals surface area (Å²) in [5, 5.41) is 17.9. The number of aromatic nitrogens is 2. The molecular weight excluding hydrogens is 344 g/mol. The van der Waals surface area contributed by atoms with Gasteiger partial charge in [0.25, 0.3) is 0 Å². The van der Waals surface area contributed by atoms with Crippen molar-refractivity contribution in [1.29, 1.82) is 0 Å². The number of nitrogens with zero attached hydrogens (tertiary/aromatic N) is 2. The molecule has 1 N–H and O–H groups in total. The summed E-state index contributed by atoms with van der Waals surface area (Å²) in [6.07, 6.45) is -1.38. The maximum atomic E-state index is 12.3. The molecular formula is C21H20N2O4. The van der Waals surface area contributed by atoms with Crippen molar-refractivity contribution in [2.75, 3.05) is 7.11 Å². The SMILES string of the molecule is COC(c1ccccc1)(c1ccccc1)[C@H](Oc1ccc(C)nn1)C(=O)O. The molecule has 1 heterocycles. The van der Waals surface area contributed by atoms with Gasteiger partial charge in [-0.05, 0) is 24.1 Å². The summed E-state index contributed by atoms with van der Waals surface area (Å²) in [7, 11) is 1.47. The van der Waals surface area contributed by atoms with Crippen LogP contribution in [0.25, 0.3) is 0 Å². The summed E-state index contributed by atoms with van der Waals surface area (Å²) in [6, 6.07) is 21.6. The third-order valence-electron chi connectivity index (χ3n) is 4.33. The fraction of sp³-hybridized carbons (Fsp3) is 0.190. The minimum absolute atomic E-state index is 0.112. The highest BCUT2D eigenvalue weighted by Gasteiger charge is 2.49. The van der Waals surface area contributed by atoms with Gasteiger partial charge in [-0.2, -0.15) is 5.10 Å². The largest absolute Gasteiger partial charge is 0.478 e. The van der Waals surface area contributed by atoms with Crippen LogP contribution in [0.4, 0.5) is 0 Å². The van der Waals surface area contributed by atoms with Gasteiger partial charge in [-0.15, -0.1) is 5.10 Å². The lowest BCUT2D eigenvalue weighted by Gasteiger charge is -2.37. The van der Waals surface area contributed by atoms with E-state index >= 15 is 0 Å². The number of carboxylic acids is 1. The second-order valence-electron chi connectivity index (χ2n) is 6.02. The Bertz CT molecular complexity index is 844. The smallest absolute Gasteiger partial charge is 0.348 e. The van der Waals surface area contributed by atoms with Gasteiger partial charge < -0.3 is 14.6 Å². The molecule has 138 valence electrons. The number of aliphatic carboxylic acids is 1. The first-order chi connectivity index (χ1) is 13.1. The van der Waals surface area contributed by atoms with E-state index in [-0.39, 0.29) is 5.88 Å². The number of carboxylic acid groups (broad SMARTS) is 1. The Balaban J connectivity index is 2.17. The molecule has 0 bridgehead atoms. The highest BCUT2D eigenvalue weighted by Crippen LogP contribution is 2.38. The molecule has 0 aliphatic heterocycles. The van der Waals surface area contributed by atoms with E-state index < -0.39 is 17.7 Å². The fourth-order valence-corrected chi connectivity index (χ4v) is 3.06. The lowest BCUT2D eigenvalue weighted by Crippen LogP contribution is -2.50. The summed E-state index contributed by atoms with van der Waals surface area (Å²) in [6.45, 7) is 1.79. The van der Waals surface area contributed by atoms with Crippen LogP contribution in [0.3, 0.4) is 0 Å². The molecule has 1 atom stereocenters. The monoisotopic (exact) mass is 364 g/mol. The third kappa shape index (κ3) is 3.66. The van der Waals surface area contributed by atoms with Gasteiger partial charge in [0.2, 0.25) is 12.0 Å². The van der Waals surface area contributed by atoms with E-state index in [4.69, 9.17) is 9.47 Å². The van der Waals surface area contributed by atoms with Crippen molar-refractivity contribution in [1.82, 2.24) is 10.2 Å². The van der Waals surface area contributed by atoms with Crippen molar-refractivity contribution in [3.63, 3.8) is 0 Å². The first kappa shape index (κ1) is 18.5. The van der Waals surface area contributed by atoms with E-state index in [9.17, 15) is 9.90 Å². The zero-order chi connectivity index (χ0) is 19.3. The Labute approximate surface area is 157 Å². The van der Waals surface area contributed by atoms with Crippen LogP contribution in [0.1, 0.15) is 16.8 Å². The molecule has 2 aromatic carbocycles. The summed E-state index contributed by atoms with van der Waals surface area (Å²) >= 11 is 0. The van der Waals surface area contributed by atoms with Crippen LogP contribution in [0, 0.1) is 6.92 Å². The third-order valence-corrected chi connectivity index (χ3v) is 4.33. The van der Waals surface area contributed by atoms with Crippen LogP contribution in [0.15, 0.2) is 72.8 Å². The van der Waals surface area contributed by atoms with E-state index in [1.807, 2.05) is 60.7 Å². The molecule has 0 amide bonds. The molecule has 6 nitrogen and oxygen atoms in total. The van der Waals surface area contributed by atoms with Crippen molar-refractivity contribution in [2.24, 2.45) is 0 Å². The van der Waals surface area contributed by atoms with Crippen LogP contribution in [0.5, 0.6) is 5.88 Å². The lowest BCUT2D eigenvalue weighted by molar-refractivity contribution is -0.160. The van der Waals surface area contributed by atoms with Gasteiger partial charge >= 0.3 is 5.97 Å². The Morgan fingerprint density at radius 2 is 1.48 bits per heavy atom. The number of methoxy groups -OCH3 is 1. The highest BCUT2D eigenvalue weighted by atomic mass is 16.6. The van der Waals surface area contributed by atoms with Crippen LogP contribution in [-0.2, 0) is 15.1 Å². The van der Waals surface area contributed by atoms with Crippen molar-refractivity contribution in [2.45, 2.75) is 18.6 Å². The molecule has 0 unspecified atom stereocenters. The normalized spacial score (nSPS) is 12.4. The second-order valence-corrected chi connectivity index (χ2v) is 6.02. The first-order valence-electron chi connectivity index (χ1n) is 8.44. The minimum atomic E-state index is -1.38. The number of benzene rings is 2. The summed E-state index contributed by atoms with van der Waals surface area (Å²) in [5.74, 6) is -1.06. The summed E-state index contributed by atoms with van der Waals surface area (Å²) in [5.41, 5.74) is 0.650. The van der Waals surface area contributed by atoms with Gasteiger partial charge in [-0.1, -0.05) is 60.7 Å². The maximum absolute atomic E-state index is 12.3. The van der Waals surface area contributed by atoms with E-state index in [0.717, 1.165) is 0 Å². The van der Waals surface area contributed by atoms with E-state index in [1.165, 1.54) is 7.11 Å². The molecule has 27 heavy (non-hydrogen) atoms. The average Bonchev–Trinajstić information content (AvgIpc) is 2.71. The van der Waals surface area contributed by atoms with Crippen LogP contribution < -0.4 is 4.74 Å². The summed E-state index contributed by atoms with van der Waals surface area (Å²) in [4.78, 5) is 12.3. The van der Waals surface area contributed by atoms with E-state index in [2.05, 4.69) is 10.2 Å². The average molecular weight is 364 g/mol. The standard InChI is InChI=1S/C21H20N2O4/c1-15-13-14-18(23-22-15)27-19(20(24)25)21(26-2,16-9-5-3-6-10-16)17-11-7-4-8-12-17/h3-14,19H,1-2H3,(H,24,25)/t19-/m1/s1. The van der Waals surface area contributed by atoms with Gasteiger partial charge in [0, 0.05) is 13.2 Å². The topological polar surface area (TPSA) is 81.5 Å². The number of aryl methyl sites for hydroxylation is 1. The van der Waals surface area contributed by atoms with Crippen molar-refractivity contribution in [3.05, 3.63) is 89.6 Å². The molecule has 0 fully saturated rings.